The van der Waals surface area contributed by atoms with E-state index in [0.29, 0.717) is 22.7 Å². The van der Waals surface area contributed by atoms with Crippen molar-refractivity contribution in [2.75, 3.05) is 13.2 Å². The monoisotopic (exact) mass is 454 g/mol. The summed E-state index contributed by atoms with van der Waals surface area (Å²) in [6, 6.07) is 11.4. The number of halogens is 1. The van der Waals surface area contributed by atoms with E-state index in [4.69, 9.17) is 16.3 Å². The highest BCUT2D eigenvalue weighted by atomic mass is 19.1. The maximum atomic E-state index is 15.3. The maximum Gasteiger partial charge on any atom is 0.197 e. The molecule has 1 aliphatic heterocycles. The number of nitrogens with zero attached hydrogens (tertiary/aromatic N) is 3. The van der Waals surface area contributed by atoms with E-state index in [1.807, 2.05) is 31.3 Å². The van der Waals surface area contributed by atoms with Gasteiger partial charge in [0.15, 0.2) is 5.69 Å². The van der Waals surface area contributed by atoms with Crippen LogP contribution in [0.15, 0.2) is 42.6 Å². The molecule has 1 aliphatic rings. The predicted molar refractivity (Wildman–Crippen MR) is 133 cm³/mol. The molecule has 6 heteroatoms. The molecule has 34 heavy (non-hydrogen) atoms. The Labute approximate surface area is 198 Å². The number of hydrogen-bond acceptors (Lipinski definition) is 3. The van der Waals surface area contributed by atoms with Crippen LogP contribution in [0, 0.1) is 19.3 Å². The molecule has 0 atom stereocenters. The fourth-order valence-electron chi connectivity index (χ4n) is 4.94. The third-order valence-electron chi connectivity index (χ3n) is 6.65. The molecule has 0 unspecified atom stereocenters. The number of aromatic amines is 1. The van der Waals surface area contributed by atoms with Crippen LogP contribution in [-0.2, 0) is 11.2 Å². The van der Waals surface area contributed by atoms with Gasteiger partial charge in [0, 0.05) is 47.5 Å². The van der Waals surface area contributed by atoms with Gasteiger partial charge in [0.25, 0.3) is 0 Å². The third kappa shape index (κ3) is 4.08. The zero-order chi connectivity index (χ0) is 23.7. The molecule has 2 aromatic carbocycles. The highest BCUT2D eigenvalue weighted by Crippen LogP contribution is 2.40. The summed E-state index contributed by atoms with van der Waals surface area (Å²) in [6.45, 7) is 13.2. The summed E-state index contributed by atoms with van der Waals surface area (Å²) in [5, 5.41) is 8.41. The highest BCUT2D eigenvalue weighted by molar-refractivity contribution is 6.00. The first-order chi connectivity index (χ1) is 16.6. The minimum atomic E-state index is -0.291. The molecule has 0 bridgehead atoms. The number of H-pyrrole nitrogens is 1. The van der Waals surface area contributed by atoms with Crippen molar-refractivity contribution in [3.05, 3.63) is 76.7 Å². The van der Waals surface area contributed by atoms with Crippen LogP contribution in [0.25, 0.3) is 38.1 Å². The summed E-state index contributed by atoms with van der Waals surface area (Å²) < 4.78 is 20.7. The Morgan fingerprint density at radius 3 is 2.68 bits per heavy atom. The van der Waals surface area contributed by atoms with Crippen molar-refractivity contribution in [2.24, 2.45) is 0 Å². The lowest BCUT2D eigenvalue weighted by atomic mass is 9.93. The number of hydrogen-bond donors (Lipinski definition) is 1. The minimum Gasteiger partial charge on any atom is -0.381 e. The van der Waals surface area contributed by atoms with Gasteiger partial charge in [-0.05, 0) is 67.1 Å². The van der Waals surface area contributed by atoms with Crippen LogP contribution in [0.5, 0.6) is 0 Å². The Balaban J connectivity index is 1.58. The summed E-state index contributed by atoms with van der Waals surface area (Å²) >= 11 is 0. The fraction of sp³-hybridized carbons (Fsp3) is 0.321. The summed E-state index contributed by atoms with van der Waals surface area (Å²) in [5.74, 6) is 0.133. The first-order valence-corrected chi connectivity index (χ1v) is 11.8. The molecule has 4 aromatic rings. The van der Waals surface area contributed by atoms with Crippen LogP contribution in [0.4, 0.5) is 10.1 Å². The van der Waals surface area contributed by atoms with Crippen molar-refractivity contribution >= 4 is 16.6 Å². The Kier molecular flexibility index (Phi) is 6.12. The Morgan fingerprint density at radius 2 is 2.00 bits per heavy atom. The van der Waals surface area contributed by atoms with Crippen molar-refractivity contribution in [1.82, 2.24) is 15.2 Å². The Morgan fingerprint density at radius 1 is 1.18 bits per heavy atom. The lowest BCUT2D eigenvalue weighted by Crippen LogP contribution is -2.14. The normalized spacial score (nSPS) is 14.4. The molecule has 0 saturated carbocycles. The zero-order valence-corrected chi connectivity index (χ0v) is 19.5. The van der Waals surface area contributed by atoms with Crippen molar-refractivity contribution < 1.29 is 9.13 Å². The van der Waals surface area contributed by atoms with Crippen molar-refractivity contribution in [1.29, 1.82) is 0 Å². The molecular weight excluding hydrogens is 427 g/mol. The van der Waals surface area contributed by atoms with Crippen LogP contribution in [0.1, 0.15) is 48.9 Å². The van der Waals surface area contributed by atoms with Gasteiger partial charge in [-0.2, -0.15) is 5.10 Å². The number of pyridine rings is 1. The zero-order valence-electron chi connectivity index (χ0n) is 19.5. The second-order valence-corrected chi connectivity index (χ2v) is 8.98. The van der Waals surface area contributed by atoms with E-state index < -0.39 is 0 Å². The SMILES string of the molecule is [C-]#[N+]c1cc2[nH]nc(-c3ccc(C4CCOCC4)nc3)c2cc1-c1c(C)cc(CCC)cc1F. The lowest BCUT2D eigenvalue weighted by molar-refractivity contribution is 0.0845. The summed E-state index contributed by atoms with van der Waals surface area (Å²) in [4.78, 5) is 8.41. The number of fused-ring (bicyclic) bond motifs is 1. The van der Waals surface area contributed by atoms with E-state index in [1.54, 1.807) is 12.1 Å². The van der Waals surface area contributed by atoms with E-state index in [-0.39, 0.29) is 5.82 Å². The van der Waals surface area contributed by atoms with E-state index in [2.05, 4.69) is 28.0 Å². The van der Waals surface area contributed by atoms with Crippen LogP contribution >= 0.6 is 0 Å². The van der Waals surface area contributed by atoms with Gasteiger partial charge >= 0.3 is 0 Å². The predicted octanol–water partition coefficient (Wildman–Crippen LogP) is 7.14. The minimum absolute atomic E-state index is 0.291. The molecule has 1 saturated heterocycles. The molecule has 0 radical (unpaired) electrons. The quantitative estimate of drug-likeness (QED) is 0.326. The standard InChI is InChI=1S/C28H27FN4O/c1-4-5-18-12-17(2)27(23(29)13-18)21-14-22-26(15-25(21)30-3)32-33-28(22)20-6-7-24(31-16-20)19-8-10-34-11-9-19/h6-7,12-16,19H,4-5,8-11H2,1-2H3,(H,32,33). The van der Waals surface area contributed by atoms with Crippen LogP contribution in [0.3, 0.4) is 0 Å². The highest BCUT2D eigenvalue weighted by Gasteiger charge is 2.20. The van der Waals surface area contributed by atoms with E-state index in [1.165, 1.54) is 0 Å². The number of nitrogens with one attached hydrogen (secondary N) is 1. The van der Waals surface area contributed by atoms with Gasteiger partial charge in [0.2, 0.25) is 0 Å². The Bertz CT molecular complexity index is 1360. The second kappa shape index (κ2) is 9.36. The van der Waals surface area contributed by atoms with Gasteiger partial charge in [-0.3, -0.25) is 10.1 Å². The van der Waals surface area contributed by atoms with Crippen LogP contribution in [0.2, 0.25) is 0 Å². The van der Waals surface area contributed by atoms with Crippen molar-refractivity contribution in [2.45, 2.75) is 45.4 Å². The van der Waals surface area contributed by atoms with Gasteiger partial charge in [-0.15, -0.1) is 0 Å². The molecule has 3 heterocycles. The number of rotatable bonds is 5. The van der Waals surface area contributed by atoms with Gasteiger partial charge in [0.1, 0.15) is 11.5 Å². The topological polar surface area (TPSA) is 55.2 Å². The van der Waals surface area contributed by atoms with Gasteiger partial charge in [-0.1, -0.05) is 25.5 Å². The van der Waals surface area contributed by atoms with E-state index >= 15 is 4.39 Å². The summed E-state index contributed by atoms with van der Waals surface area (Å²) in [7, 11) is 0. The molecule has 5 nitrogen and oxygen atoms in total. The number of benzene rings is 2. The summed E-state index contributed by atoms with van der Waals surface area (Å²) in [5.41, 5.74) is 6.75. The molecule has 2 aromatic heterocycles. The fourth-order valence-corrected chi connectivity index (χ4v) is 4.94. The average molecular weight is 455 g/mol. The number of aromatic nitrogens is 3. The van der Waals surface area contributed by atoms with Crippen molar-refractivity contribution in [3.63, 3.8) is 0 Å². The first-order valence-electron chi connectivity index (χ1n) is 11.8. The number of ether oxygens (including phenoxy) is 1. The Hall–Kier alpha value is -3.56. The van der Waals surface area contributed by atoms with Crippen LogP contribution < -0.4 is 0 Å². The molecule has 1 fully saturated rings. The molecule has 0 spiro atoms. The van der Waals surface area contributed by atoms with Crippen molar-refractivity contribution in [3.8, 4) is 22.4 Å². The van der Waals surface area contributed by atoms with E-state index in [0.717, 1.165) is 77.9 Å². The molecule has 0 amide bonds. The van der Waals surface area contributed by atoms with E-state index in [9.17, 15) is 0 Å². The molecular formula is C28H27FN4O. The molecule has 5 rings (SSSR count). The van der Waals surface area contributed by atoms with Gasteiger partial charge < -0.3 is 4.74 Å². The summed E-state index contributed by atoms with van der Waals surface area (Å²) in [6.07, 6.45) is 5.62. The van der Waals surface area contributed by atoms with Gasteiger partial charge in [0.05, 0.1) is 12.1 Å². The lowest BCUT2D eigenvalue weighted by Gasteiger charge is -2.21. The van der Waals surface area contributed by atoms with Crippen LogP contribution in [-0.4, -0.2) is 28.4 Å². The third-order valence-corrected chi connectivity index (χ3v) is 6.65. The van der Waals surface area contributed by atoms with Gasteiger partial charge in [-0.25, -0.2) is 9.24 Å². The second-order valence-electron chi connectivity index (χ2n) is 8.98. The molecule has 0 aliphatic carbocycles. The molecule has 172 valence electrons. The first kappa shape index (κ1) is 22.2. The smallest absolute Gasteiger partial charge is 0.197 e. The average Bonchev–Trinajstić information content (AvgIpc) is 3.27. The number of aryl methyl sites for hydroxylation is 2. The molecule has 1 N–H and O–H groups in total. The maximum absolute atomic E-state index is 15.3. The largest absolute Gasteiger partial charge is 0.381 e.